The van der Waals surface area contributed by atoms with Gasteiger partial charge in [-0.25, -0.2) is 0 Å². The normalized spacial score (nSPS) is 21.8. The highest BCUT2D eigenvalue weighted by Crippen LogP contribution is 2.36. The van der Waals surface area contributed by atoms with Crippen molar-refractivity contribution in [3.63, 3.8) is 0 Å². The number of amides is 1. The molecule has 128 valence electrons. The molecule has 1 amide bonds. The lowest BCUT2D eigenvalue weighted by atomic mass is 10.2. The van der Waals surface area contributed by atoms with Crippen molar-refractivity contribution in [2.75, 3.05) is 25.0 Å². The van der Waals surface area contributed by atoms with E-state index in [1.165, 1.54) is 0 Å². The zero-order valence-electron chi connectivity index (χ0n) is 13.1. The van der Waals surface area contributed by atoms with E-state index in [4.69, 9.17) is 27.5 Å². The Morgan fingerprint density at radius 3 is 2.83 bits per heavy atom. The Hall–Kier alpha value is -1.96. The summed E-state index contributed by atoms with van der Waals surface area (Å²) in [5.74, 6) is -0.399. The number of carbonyl (C=O) groups is 1. The lowest BCUT2D eigenvalue weighted by Gasteiger charge is -2.23. The van der Waals surface area contributed by atoms with Crippen LogP contribution in [0.3, 0.4) is 0 Å². The van der Waals surface area contributed by atoms with Crippen LogP contribution in [0.15, 0.2) is 29.1 Å². The number of nitrogens with zero attached hydrogens (tertiary/aromatic N) is 1. The van der Waals surface area contributed by atoms with E-state index in [1.807, 2.05) is 0 Å². The Labute approximate surface area is 145 Å². The average Bonchev–Trinajstić information content (AvgIpc) is 3.46. The maximum atomic E-state index is 12.1. The molecule has 1 saturated heterocycles. The van der Waals surface area contributed by atoms with Crippen molar-refractivity contribution in [3.05, 3.63) is 34.8 Å². The van der Waals surface area contributed by atoms with E-state index in [0.29, 0.717) is 24.5 Å². The number of nitrogens with one attached hydrogen (secondary N) is 3. The van der Waals surface area contributed by atoms with Gasteiger partial charge in [0.1, 0.15) is 11.8 Å². The van der Waals surface area contributed by atoms with Gasteiger partial charge in [0.2, 0.25) is 0 Å². The molecule has 1 aliphatic heterocycles. The molecule has 1 aromatic heterocycles. The zero-order chi connectivity index (χ0) is 17.1. The Morgan fingerprint density at radius 1 is 1.46 bits per heavy atom. The van der Waals surface area contributed by atoms with E-state index < -0.39 is 5.91 Å². The largest absolute Gasteiger partial charge is 0.401 e. The van der Waals surface area contributed by atoms with Gasteiger partial charge in [-0.3, -0.25) is 15.2 Å². The maximum Gasteiger partial charge on any atom is 0.275 e. The number of carbonyl (C=O) groups excluding carboxylic acids is 1. The summed E-state index contributed by atoms with van der Waals surface area (Å²) in [4.78, 5) is 16.4. The summed E-state index contributed by atoms with van der Waals surface area (Å²) in [6.07, 6.45) is 3.37. The molecule has 5 N–H and O–H groups in total. The van der Waals surface area contributed by atoms with Gasteiger partial charge in [0.25, 0.3) is 5.91 Å². The molecule has 0 unspecified atom stereocenters. The molecule has 0 spiro atoms. The van der Waals surface area contributed by atoms with Gasteiger partial charge < -0.3 is 21.1 Å². The minimum atomic E-state index is -0.603. The van der Waals surface area contributed by atoms with Gasteiger partial charge in [0.05, 0.1) is 29.2 Å². The van der Waals surface area contributed by atoms with Gasteiger partial charge >= 0.3 is 0 Å². The van der Waals surface area contributed by atoms with Crippen molar-refractivity contribution in [1.82, 2.24) is 10.3 Å². The summed E-state index contributed by atoms with van der Waals surface area (Å²) in [5.41, 5.74) is 7.24. The van der Waals surface area contributed by atoms with Crippen molar-refractivity contribution in [3.8, 4) is 0 Å². The van der Waals surface area contributed by atoms with Crippen molar-refractivity contribution < 1.29 is 9.53 Å². The molecule has 24 heavy (non-hydrogen) atoms. The first kappa shape index (κ1) is 16.9. The predicted octanol–water partition coefficient (Wildman–Crippen LogP) is 1.52. The smallest absolute Gasteiger partial charge is 0.275 e. The summed E-state index contributed by atoms with van der Waals surface area (Å²) < 4.78 is 5.63. The van der Waals surface area contributed by atoms with E-state index in [2.05, 4.69) is 15.6 Å². The number of hydrogen-bond donors (Lipinski definition) is 4. The fraction of sp³-hybridized carbons (Fsp3) is 0.438. The standard InChI is InChI=1S/C16H20ClN5O2/c17-13(14(18)9-1-2-9)15(19)16(23)22-10-3-4-11(21-7-10)12-8-20-5-6-24-12/h3-4,7,9,12,19-20H,1-2,5-6,8,18H2,(H,22,23)/t12-/m1/s1. The average molecular weight is 350 g/mol. The molecule has 1 aliphatic carbocycles. The molecule has 0 radical (unpaired) electrons. The Bertz CT molecular complexity index is 664. The third-order valence-corrected chi connectivity index (χ3v) is 4.43. The van der Waals surface area contributed by atoms with Crippen molar-refractivity contribution in [1.29, 1.82) is 5.41 Å². The Balaban J connectivity index is 1.61. The minimum absolute atomic E-state index is 0.0289. The lowest BCUT2D eigenvalue weighted by molar-refractivity contribution is -0.110. The van der Waals surface area contributed by atoms with Crippen LogP contribution in [-0.2, 0) is 9.53 Å². The summed E-state index contributed by atoms with van der Waals surface area (Å²) in [6, 6.07) is 3.53. The van der Waals surface area contributed by atoms with Gasteiger partial charge in [-0.15, -0.1) is 0 Å². The summed E-state index contributed by atoms with van der Waals surface area (Å²) in [5, 5.41) is 13.8. The molecule has 1 aromatic rings. The molecular weight excluding hydrogens is 330 g/mol. The number of hydrogen-bond acceptors (Lipinski definition) is 6. The predicted molar refractivity (Wildman–Crippen MR) is 91.9 cm³/mol. The van der Waals surface area contributed by atoms with Crippen LogP contribution in [0.1, 0.15) is 24.6 Å². The molecule has 1 saturated carbocycles. The van der Waals surface area contributed by atoms with E-state index >= 15 is 0 Å². The van der Waals surface area contributed by atoms with Crippen LogP contribution in [0.4, 0.5) is 5.69 Å². The summed E-state index contributed by atoms with van der Waals surface area (Å²) in [7, 11) is 0. The Morgan fingerprint density at radius 2 is 2.25 bits per heavy atom. The van der Waals surface area contributed by atoms with E-state index in [1.54, 1.807) is 18.3 Å². The molecule has 0 aromatic carbocycles. The van der Waals surface area contributed by atoms with Crippen molar-refractivity contribution in [2.45, 2.75) is 18.9 Å². The maximum absolute atomic E-state index is 12.1. The van der Waals surface area contributed by atoms with Crippen LogP contribution in [0.2, 0.25) is 0 Å². The van der Waals surface area contributed by atoms with Gasteiger partial charge in [0, 0.05) is 24.7 Å². The number of ether oxygens (including phenoxy) is 1. The molecule has 7 nitrogen and oxygen atoms in total. The Kier molecular flexibility index (Phi) is 5.13. The molecule has 8 heteroatoms. The number of anilines is 1. The number of pyridine rings is 1. The third-order valence-electron chi connectivity index (χ3n) is 4.02. The molecule has 2 heterocycles. The minimum Gasteiger partial charge on any atom is -0.401 e. The van der Waals surface area contributed by atoms with Crippen LogP contribution in [0.25, 0.3) is 0 Å². The van der Waals surface area contributed by atoms with Gasteiger partial charge in [-0.1, -0.05) is 11.6 Å². The number of allylic oxidation sites excluding steroid dienone is 1. The highest BCUT2D eigenvalue weighted by Gasteiger charge is 2.28. The summed E-state index contributed by atoms with van der Waals surface area (Å²) in [6.45, 7) is 2.20. The number of halogens is 1. The molecule has 0 bridgehead atoms. The first-order valence-electron chi connectivity index (χ1n) is 7.90. The molecule has 2 aliphatic rings. The van der Waals surface area contributed by atoms with Crippen LogP contribution in [0, 0.1) is 11.3 Å². The van der Waals surface area contributed by atoms with Gasteiger partial charge in [-0.2, -0.15) is 0 Å². The van der Waals surface area contributed by atoms with Crippen molar-refractivity contribution >= 4 is 28.9 Å². The lowest BCUT2D eigenvalue weighted by Crippen LogP contribution is -2.33. The van der Waals surface area contributed by atoms with Gasteiger partial charge in [-0.05, 0) is 25.0 Å². The molecular formula is C16H20ClN5O2. The fourth-order valence-corrected chi connectivity index (χ4v) is 2.68. The van der Waals surface area contributed by atoms with E-state index in [-0.39, 0.29) is 22.8 Å². The third kappa shape index (κ3) is 3.92. The number of aromatic nitrogens is 1. The number of nitrogens with two attached hydrogens (primary N) is 1. The second-order valence-electron chi connectivity index (χ2n) is 5.91. The zero-order valence-corrected chi connectivity index (χ0v) is 13.9. The van der Waals surface area contributed by atoms with E-state index in [9.17, 15) is 4.79 Å². The molecule has 2 fully saturated rings. The first-order valence-corrected chi connectivity index (χ1v) is 8.27. The SMILES string of the molecule is N=C(C(=O)Nc1ccc([C@H]2CNCCO2)nc1)C(Cl)=C(N)C1CC1. The number of rotatable bonds is 5. The van der Waals surface area contributed by atoms with Crippen LogP contribution in [0.5, 0.6) is 0 Å². The molecule has 1 atom stereocenters. The fourth-order valence-electron chi connectivity index (χ4n) is 2.44. The summed E-state index contributed by atoms with van der Waals surface area (Å²) >= 11 is 6.03. The quantitative estimate of drug-likeness (QED) is 0.602. The second kappa shape index (κ2) is 7.29. The highest BCUT2D eigenvalue weighted by atomic mass is 35.5. The van der Waals surface area contributed by atoms with Crippen LogP contribution in [-0.4, -0.2) is 36.3 Å². The molecule has 3 rings (SSSR count). The van der Waals surface area contributed by atoms with Crippen LogP contribution < -0.4 is 16.4 Å². The highest BCUT2D eigenvalue weighted by molar-refractivity contribution is 6.60. The number of morpholine rings is 1. The van der Waals surface area contributed by atoms with Crippen molar-refractivity contribution in [2.24, 2.45) is 11.7 Å². The monoisotopic (exact) mass is 349 g/mol. The second-order valence-corrected chi connectivity index (χ2v) is 6.29. The van der Waals surface area contributed by atoms with Gasteiger partial charge in [0.15, 0.2) is 0 Å². The van der Waals surface area contributed by atoms with Crippen LogP contribution >= 0.6 is 11.6 Å². The first-order chi connectivity index (χ1) is 11.6. The topological polar surface area (TPSA) is 113 Å². The van der Waals surface area contributed by atoms with E-state index in [0.717, 1.165) is 25.1 Å².